The van der Waals surface area contributed by atoms with Gasteiger partial charge in [-0.25, -0.2) is 0 Å². The van der Waals surface area contributed by atoms with Crippen molar-refractivity contribution in [1.29, 1.82) is 0 Å². The quantitative estimate of drug-likeness (QED) is 0.610. The van der Waals surface area contributed by atoms with Crippen LogP contribution in [0.5, 0.6) is 0 Å². The minimum Gasteiger partial charge on any atom is -0.394 e. The van der Waals surface area contributed by atoms with E-state index in [4.69, 9.17) is 9.84 Å². The van der Waals surface area contributed by atoms with E-state index in [1.54, 1.807) is 7.11 Å². The molecule has 1 heterocycles. The molecule has 1 saturated heterocycles. The minimum absolute atomic E-state index is 0.0308. The number of hydrogen-bond donors (Lipinski definition) is 3. The number of carbonyl (C=O) groups is 1. The summed E-state index contributed by atoms with van der Waals surface area (Å²) >= 11 is 0. The number of rotatable bonds is 6. The molecule has 2 atom stereocenters. The molecule has 0 aromatic rings. The van der Waals surface area contributed by atoms with Crippen molar-refractivity contribution < 1.29 is 14.6 Å². The molecule has 1 amide bonds. The summed E-state index contributed by atoms with van der Waals surface area (Å²) in [5.74, 6) is 0.0308. The number of aliphatic hydroxyl groups excluding tert-OH is 1. The Morgan fingerprint density at radius 1 is 1.65 bits per heavy atom. The molecule has 0 radical (unpaired) electrons. The van der Waals surface area contributed by atoms with Crippen LogP contribution in [-0.4, -0.2) is 50.5 Å². The lowest BCUT2D eigenvalue weighted by atomic mass is 9.77. The smallest absolute Gasteiger partial charge is 0.227 e. The van der Waals surface area contributed by atoms with Crippen LogP contribution < -0.4 is 10.6 Å². The molecule has 0 aromatic heterocycles. The van der Waals surface area contributed by atoms with Crippen LogP contribution >= 0.6 is 0 Å². The maximum Gasteiger partial charge on any atom is 0.227 e. The average molecular weight is 244 g/mol. The number of methoxy groups -OCH3 is 1. The van der Waals surface area contributed by atoms with E-state index in [2.05, 4.69) is 10.6 Å². The lowest BCUT2D eigenvalue weighted by Crippen LogP contribution is -2.54. The van der Waals surface area contributed by atoms with Crippen molar-refractivity contribution >= 4 is 5.91 Å². The topological polar surface area (TPSA) is 70.6 Å². The van der Waals surface area contributed by atoms with Gasteiger partial charge in [0.25, 0.3) is 0 Å². The zero-order valence-electron chi connectivity index (χ0n) is 10.8. The number of hydrogen-bond acceptors (Lipinski definition) is 4. The molecule has 100 valence electrons. The molecule has 0 aromatic carbocycles. The zero-order valence-corrected chi connectivity index (χ0v) is 10.8. The van der Waals surface area contributed by atoms with Crippen molar-refractivity contribution in [3.8, 4) is 0 Å². The molecule has 5 heteroatoms. The van der Waals surface area contributed by atoms with E-state index in [1.165, 1.54) is 0 Å². The third-order valence-electron chi connectivity index (χ3n) is 3.55. The van der Waals surface area contributed by atoms with Crippen molar-refractivity contribution in [3.63, 3.8) is 0 Å². The molecule has 1 fully saturated rings. The second kappa shape index (κ2) is 6.93. The first-order valence-corrected chi connectivity index (χ1v) is 6.30. The van der Waals surface area contributed by atoms with Crippen LogP contribution in [0.4, 0.5) is 0 Å². The van der Waals surface area contributed by atoms with Crippen LogP contribution in [0.3, 0.4) is 0 Å². The molecule has 2 unspecified atom stereocenters. The van der Waals surface area contributed by atoms with Crippen molar-refractivity contribution in [3.05, 3.63) is 0 Å². The van der Waals surface area contributed by atoms with Crippen LogP contribution in [-0.2, 0) is 9.53 Å². The van der Waals surface area contributed by atoms with Crippen LogP contribution in [0.2, 0.25) is 0 Å². The Morgan fingerprint density at radius 2 is 2.41 bits per heavy atom. The van der Waals surface area contributed by atoms with Gasteiger partial charge < -0.3 is 20.5 Å². The summed E-state index contributed by atoms with van der Waals surface area (Å²) in [6.07, 6.45) is 2.75. The van der Waals surface area contributed by atoms with Crippen LogP contribution in [0, 0.1) is 5.41 Å². The van der Waals surface area contributed by atoms with Gasteiger partial charge in [-0.1, -0.05) is 6.92 Å². The lowest BCUT2D eigenvalue weighted by molar-refractivity contribution is -0.133. The maximum absolute atomic E-state index is 12.3. The van der Waals surface area contributed by atoms with Gasteiger partial charge in [0.1, 0.15) is 0 Å². The molecule has 5 nitrogen and oxygen atoms in total. The second-order valence-corrected chi connectivity index (χ2v) is 4.72. The standard InChI is InChI=1S/C12H24N2O3/c1-3-12(5-4-6-13-9-12)11(16)14-10(7-15)8-17-2/h10,13,15H,3-9H2,1-2H3,(H,14,16). The normalized spacial score (nSPS) is 26.5. The first kappa shape index (κ1) is 14.4. The number of aliphatic hydroxyl groups is 1. The fourth-order valence-corrected chi connectivity index (χ4v) is 2.30. The Kier molecular flexibility index (Phi) is 5.88. The van der Waals surface area contributed by atoms with E-state index in [9.17, 15) is 4.79 Å². The highest BCUT2D eigenvalue weighted by Crippen LogP contribution is 2.30. The Balaban J connectivity index is 2.58. The highest BCUT2D eigenvalue weighted by Gasteiger charge is 2.38. The largest absolute Gasteiger partial charge is 0.394 e. The monoisotopic (exact) mass is 244 g/mol. The Bertz CT molecular complexity index is 240. The molecule has 1 aliphatic rings. The Labute approximate surface area is 103 Å². The minimum atomic E-state index is -0.320. The van der Waals surface area contributed by atoms with Crippen LogP contribution in [0.1, 0.15) is 26.2 Å². The van der Waals surface area contributed by atoms with Crippen LogP contribution in [0.25, 0.3) is 0 Å². The maximum atomic E-state index is 12.3. The third kappa shape index (κ3) is 3.66. The predicted molar refractivity (Wildman–Crippen MR) is 65.7 cm³/mol. The van der Waals surface area contributed by atoms with Gasteiger partial charge in [-0.05, 0) is 25.8 Å². The second-order valence-electron chi connectivity index (χ2n) is 4.72. The number of carbonyl (C=O) groups excluding carboxylic acids is 1. The third-order valence-corrected chi connectivity index (χ3v) is 3.55. The fourth-order valence-electron chi connectivity index (χ4n) is 2.30. The van der Waals surface area contributed by atoms with Gasteiger partial charge >= 0.3 is 0 Å². The van der Waals surface area contributed by atoms with Gasteiger partial charge in [-0.3, -0.25) is 4.79 Å². The molecule has 0 spiro atoms. The lowest BCUT2D eigenvalue weighted by Gasteiger charge is -2.36. The Morgan fingerprint density at radius 3 is 2.88 bits per heavy atom. The number of nitrogens with one attached hydrogen (secondary N) is 2. The number of piperidine rings is 1. The molecule has 3 N–H and O–H groups in total. The molecule has 1 aliphatic heterocycles. The van der Waals surface area contributed by atoms with Crippen molar-refractivity contribution in [2.75, 3.05) is 33.4 Å². The summed E-state index contributed by atoms with van der Waals surface area (Å²) in [4.78, 5) is 12.3. The van der Waals surface area contributed by atoms with E-state index in [-0.39, 0.29) is 24.0 Å². The molecular formula is C12H24N2O3. The SMILES string of the molecule is CCC1(C(=O)NC(CO)COC)CCCNC1. The predicted octanol–water partition coefficient (Wildman–Crippen LogP) is -0.110. The molecule has 17 heavy (non-hydrogen) atoms. The average Bonchev–Trinajstić information content (AvgIpc) is 2.38. The summed E-state index contributed by atoms with van der Waals surface area (Å²) in [5.41, 5.74) is -0.320. The molecule has 1 rings (SSSR count). The molecule has 0 bridgehead atoms. The van der Waals surface area contributed by atoms with E-state index in [0.717, 1.165) is 32.4 Å². The van der Waals surface area contributed by atoms with Crippen LogP contribution in [0.15, 0.2) is 0 Å². The van der Waals surface area contributed by atoms with E-state index in [1.807, 2.05) is 6.92 Å². The van der Waals surface area contributed by atoms with Gasteiger partial charge in [-0.15, -0.1) is 0 Å². The summed E-state index contributed by atoms with van der Waals surface area (Å²) in [6, 6.07) is -0.308. The highest BCUT2D eigenvalue weighted by molar-refractivity contribution is 5.83. The first-order chi connectivity index (χ1) is 8.18. The van der Waals surface area contributed by atoms with E-state index in [0.29, 0.717) is 6.61 Å². The first-order valence-electron chi connectivity index (χ1n) is 6.30. The highest BCUT2D eigenvalue weighted by atomic mass is 16.5. The number of ether oxygens (including phenoxy) is 1. The van der Waals surface area contributed by atoms with Crippen molar-refractivity contribution in [2.45, 2.75) is 32.2 Å². The molecular weight excluding hydrogens is 220 g/mol. The van der Waals surface area contributed by atoms with Gasteiger partial charge in [0.2, 0.25) is 5.91 Å². The number of amides is 1. The fraction of sp³-hybridized carbons (Fsp3) is 0.917. The molecule has 0 saturated carbocycles. The van der Waals surface area contributed by atoms with Gasteiger partial charge in [0.15, 0.2) is 0 Å². The Hall–Kier alpha value is -0.650. The van der Waals surface area contributed by atoms with Crippen molar-refractivity contribution in [2.24, 2.45) is 5.41 Å². The van der Waals surface area contributed by atoms with Crippen molar-refractivity contribution in [1.82, 2.24) is 10.6 Å². The van der Waals surface area contributed by atoms with Gasteiger partial charge in [-0.2, -0.15) is 0 Å². The van der Waals surface area contributed by atoms with E-state index >= 15 is 0 Å². The summed E-state index contributed by atoms with van der Waals surface area (Å²) in [5, 5.41) is 15.3. The summed E-state index contributed by atoms with van der Waals surface area (Å²) in [7, 11) is 1.56. The summed E-state index contributed by atoms with van der Waals surface area (Å²) < 4.78 is 4.96. The van der Waals surface area contributed by atoms with Gasteiger partial charge in [0, 0.05) is 13.7 Å². The molecule has 0 aliphatic carbocycles. The van der Waals surface area contributed by atoms with Gasteiger partial charge in [0.05, 0.1) is 24.7 Å². The zero-order chi connectivity index (χ0) is 12.7. The summed E-state index contributed by atoms with van der Waals surface area (Å²) in [6.45, 7) is 4.00. The van der Waals surface area contributed by atoms with E-state index < -0.39 is 0 Å².